The van der Waals surface area contributed by atoms with Gasteiger partial charge in [0.2, 0.25) is 0 Å². The van der Waals surface area contributed by atoms with E-state index >= 15 is 0 Å². The number of nitrogens with zero attached hydrogens (tertiary/aromatic N) is 1. The van der Waals surface area contributed by atoms with Crippen LogP contribution in [0.5, 0.6) is 0 Å². The molecule has 1 atom stereocenters. The van der Waals surface area contributed by atoms with E-state index < -0.39 is 5.60 Å². The zero-order chi connectivity index (χ0) is 14.6. The molecule has 2 N–H and O–H groups in total. The standard InChI is InChI=1S/C17H28N2O/c1-4-18-15-9-7-12-19(13-11-17(2,3)20)16-10-6-5-8-14(15)16/h5-6,8,10,15,18,20H,4,7,9,11-13H2,1-3H3. The molecule has 1 heterocycles. The third-order valence-corrected chi connectivity index (χ3v) is 4.02. The lowest BCUT2D eigenvalue weighted by molar-refractivity contribution is 0.0731. The monoisotopic (exact) mass is 276 g/mol. The van der Waals surface area contributed by atoms with Crippen LogP contribution in [0, 0.1) is 0 Å². The molecule has 0 saturated heterocycles. The largest absolute Gasteiger partial charge is 0.390 e. The highest BCUT2D eigenvalue weighted by atomic mass is 16.3. The minimum absolute atomic E-state index is 0.461. The van der Waals surface area contributed by atoms with Crippen LogP contribution in [0.15, 0.2) is 24.3 Å². The van der Waals surface area contributed by atoms with E-state index in [9.17, 15) is 5.11 Å². The van der Waals surface area contributed by atoms with Gasteiger partial charge in [-0.1, -0.05) is 25.1 Å². The van der Waals surface area contributed by atoms with Gasteiger partial charge in [-0.15, -0.1) is 0 Å². The van der Waals surface area contributed by atoms with E-state index in [-0.39, 0.29) is 0 Å². The highest BCUT2D eigenvalue weighted by Crippen LogP contribution is 2.33. The molecule has 2 rings (SSSR count). The number of para-hydroxylation sites is 1. The Morgan fingerprint density at radius 1 is 1.35 bits per heavy atom. The zero-order valence-corrected chi connectivity index (χ0v) is 13.0. The molecule has 1 aliphatic heterocycles. The molecule has 1 aromatic carbocycles. The first kappa shape index (κ1) is 15.3. The number of anilines is 1. The number of hydrogen-bond acceptors (Lipinski definition) is 3. The van der Waals surface area contributed by atoms with Gasteiger partial charge in [-0.05, 0) is 51.3 Å². The molecule has 3 heteroatoms. The van der Waals surface area contributed by atoms with Crippen molar-refractivity contribution in [2.24, 2.45) is 0 Å². The fourth-order valence-electron chi connectivity index (χ4n) is 2.93. The van der Waals surface area contributed by atoms with Crippen LogP contribution in [0.1, 0.15) is 51.6 Å². The molecule has 3 nitrogen and oxygen atoms in total. The van der Waals surface area contributed by atoms with Crippen molar-refractivity contribution in [2.75, 3.05) is 24.5 Å². The van der Waals surface area contributed by atoms with Gasteiger partial charge in [0.05, 0.1) is 5.60 Å². The van der Waals surface area contributed by atoms with Gasteiger partial charge in [0.15, 0.2) is 0 Å². The fraction of sp³-hybridized carbons (Fsp3) is 0.647. The summed E-state index contributed by atoms with van der Waals surface area (Å²) in [6.45, 7) is 8.94. The molecule has 1 unspecified atom stereocenters. The number of aliphatic hydroxyl groups is 1. The minimum Gasteiger partial charge on any atom is -0.390 e. The summed E-state index contributed by atoms with van der Waals surface area (Å²) in [7, 11) is 0. The molecule has 0 fully saturated rings. The zero-order valence-electron chi connectivity index (χ0n) is 13.0. The first-order valence-corrected chi connectivity index (χ1v) is 7.81. The Morgan fingerprint density at radius 3 is 2.80 bits per heavy atom. The molecule has 1 aromatic rings. The lowest BCUT2D eigenvalue weighted by atomic mass is 10.0. The first-order valence-electron chi connectivity index (χ1n) is 7.81. The van der Waals surface area contributed by atoms with E-state index in [0.717, 1.165) is 26.1 Å². The molecule has 0 aliphatic carbocycles. The highest BCUT2D eigenvalue weighted by Gasteiger charge is 2.23. The summed E-state index contributed by atoms with van der Waals surface area (Å²) in [4.78, 5) is 2.44. The Morgan fingerprint density at radius 2 is 2.10 bits per heavy atom. The Bertz CT molecular complexity index is 425. The number of fused-ring (bicyclic) bond motifs is 1. The first-order chi connectivity index (χ1) is 9.51. The maximum absolute atomic E-state index is 9.96. The van der Waals surface area contributed by atoms with E-state index in [4.69, 9.17) is 0 Å². The predicted octanol–water partition coefficient (Wildman–Crippen LogP) is 3.10. The van der Waals surface area contributed by atoms with Gasteiger partial charge >= 0.3 is 0 Å². The molecule has 0 amide bonds. The van der Waals surface area contributed by atoms with Crippen LogP contribution in [-0.2, 0) is 0 Å². The van der Waals surface area contributed by atoms with E-state index in [1.165, 1.54) is 24.1 Å². The number of hydrogen-bond donors (Lipinski definition) is 2. The summed E-state index contributed by atoms with van der Waals surface area (Å²) < 4.78 is 0. The van der Waals surface area contributed by atoms with Gasteiger partial charge in [-0.2, -0.15) is 0 Å². The number of nitrogens with one attached hydrogen (secondary N) is 1. The van der Waals surface area contributed by atoms with Crippen LogP contribution in [0.25, 0.3) is 0 Å². The molecular formula is C17H28N2O. The van der Waals surface area contributed by atoms with Crippen LogP contribution < -0.4 is 10.2 Å². The van der Waals surface area contributed by atoms with Crippen molar-refractivity contribution in [1.82, 2.24) is 5.32 Å². The van der Waals surface area contributed by atoms with Gasteiger partial charge in [0.1, 0.15) is 0 Å². The molecule has 0 aromatic heterocycles. The van der Waals surface area contributed by atoms with Gasteiger partial charge in [0, 0.05) is 24.8 Å². The Labute approximate surface area is 123 Å². The topological polar surface area (TPSA) is 35.5 Å². The molecule has 0 spiro atoms. The molecular weight excluding hydrogens is 248 g/mol. The molecule has 1 aliphatic rings. The molecule has 0 saturated carbocycles. The molecule has 112 valence electrons. The van der Waals surface area contributed by atoms with Crippen LogP contribution in [0.3, 0.4) is 0 Å². The van der Waals surface area contributed by atoms with Crippen molar-refractivity contribution in [3.05, 3.63) is 29.8 Å². The van der Waals surface area contributed by atoms with E-state index in [1.54, 1.807) is 0 Å². The van der Waals surface area contributed by atoms with Crippen LogP contribution in [0.2, 0.25) is 0 Å². The average Bonchev–Trinajstić information content (AvgIpc) is 2.57. The van der Waals surface area contributed by atoms with E-state index in [1.807, 2.05) is 13.8 Å². The SMILES string of the molecule is CCNC1CCCN(CCC(C)(C)O)c2ccccc21. The van der Waals surface area contributed by atoms with Crippen LogP contribution >= 0.6 is 0 Å². The van der Waals surface area contributed by atoms with Gasteiger partial charge < -0.3 is 15.3 Å². The van der Waals surface area contributed by atoms with Gasteiger partial charge in [-0.3, -0.25) is 0 Å². The summed E-state index contributed by atoms with van der Waals surface area (Å²) in [6.07, 6.45) is 3.18. The second-order valence-corrected chi connectivity index (χ2v) is 6.36. The highest BCUT2D eigenvalue weighted by molar-refractivity contribution is 5.55. The fourth-order valence-corrected chi connectivity index (χ4v) is 2.93. The maximum Gasteiger partial charge on any atom is 0.0608 e. The van der Waals surface area contributed by atoms with Crippen molar-refractivity contribution in [1.29, 1.82) is 0 Å². The molecule has 0 bridgehead atoms. The van der Waals surface area contributed by atoms with Gasteiger partial charge in [-0.25, -0.2) is 0 Å². The van der Waals surface area contributed by atoms with E-state index in [0.29, 0.717) is 6.04 Å². The van der Waals surface area contributed by atoms with Crippen molar-refractivity contribution >= 4 is 5.69 Å². The number of rotatable bonds is 5. The Kier molecular flexibility index (Phi) is 5.06. The third kappa shape index (κ3) is 3.97. The van der Waals surface area contributed by atoms with Crippen molar-refractivity contribution in [3.63, 3.8) is 0 Å². The van der Waals surface area contributed by atoms with E-state index in [2.05, 4.69) is 41.4 Å². The second kappa shape index (κ2) is 6.59. The predicted molar refractivity (Wildman–Crippen MR) is 85.2 cm³/mol. The maximum atomic E-state index is 9.96. The lowest BCUT2D eigenvalue weighted by Gasteiger charge is -2.28. The van der Waals surface area contributed by atoms with Crippen LogP contribution in [-0.4, -0.2) is 30.3 Å². The van der Waals surface area contributed by atoms with Gasteiger partial charge in [0.25, 0.3) is 0 Å². The minimum atomic E-state index is -0.595. The Balaban J connectivity index is 2.19. The summed E-state index contributed by atoms with van der Waals surface area (Å²) >= 11 is 0. The summed E-state index contributed by atoms with van der Waals surface area (Å²) in [5.74, 6) is 0. The van der Waals surface area contributed by atoms with Crippen molar-refractivity contribution in [3.8, 4) is 0 Å². The molecule has 0 radical (unpaired) electrons. The normalized spacial score (nSPS) is 19.6. The van der Waals surface area contributed by atoms with Crippen molar-refractivity contribution < 1.29 is 5.11 Å². The average molecular weight is 276 g/mol. The third-order valence-electron chi connectivity index (χ3n) is 4.02. The number of benzene rings is 1. The Hall–Kier alpha value is -1.06. The smallest absolute Gasteiger partial charge is 0.0608 e. The quantitative estimate of drug-likeness (QED) is 0.867. The lowest BCUT2D eigenvalue weighted by Crippen LogP contribution is -2.31. The molecule has 20 heavy (non-hydrogen) atoms. The second-order valence-electron chi connectivity index (χ2n) is 6.36. The van der Waals surface area contributed by atoms with Crippen LogP contribution in [0.4, 0.5) is 5.69 Å². The summed E-state index contributed by atoms with van der Waals surface area (Å²) in [5, 5.41) is 13.6. The summed E-state index contributed by atoms with van der Waals surface area (Å²) in [6, 6.07) is 9.16. The summed E-state index contributed by atoms with van der Waals surface area (Å²) in [5.41, 5.74) is 2.14. The van der Waals surface area contributed by atoms with Crippen molar-refractivity contribution in [2.45, 2.75) is 51.7 Å².